The monoisotopic (exact) mass is 539 g/mol. The number of benzene rings is 2. The van der Waals surface area contributed by atoms with Crippen LogP contribution in [0.2, 0.25) is 0 Å². The van der Waals surface area contributed by atoms with Crippen LogP contribution in [-0.2, 0) is 9.59 Å². The standard InChI is InChI=1S/C27H29N3O7S/c1-6-7-12-37-18-10-8-16(9-11-18)23(31)21-22(17-13-19(34-3)25(36-5)20(14-17)35-4)30(26(33)24(21)32)27-29-28-15(2)38-27/h8-11,13-14,22,31H,6-7,12H2,1-5H3. The molecule has 1 atom stereocenters. The van der Waals surface area contributed by atoms with Gasteiger partial charge in [-0.25, -0.2) is 0 Å². The molecule has 38 heavy (non-hydrogen) atoms. The van der Waals surface area contributed by atoms with Gasteiger partial charge in [0.1, 0.15) is 16.5 Å². The first-order chi connectivity index (χ1) is 18.3. The van der Waals surface area contributed by atoms with Crippen LogP contribution in [0.3, 0.4) is 0 Å². The minimum Gasteiger partial charge on any atom is -0.507 e. The van der Waals surface area contributed by atoms with Crippen molar-refractivity contribution >= 4 is 33.9 Å². The van der Waals surface area contributed by atoms with E-state index in [-0.39, 0.29) is 16.5 Å². The Morgan fingerprint density at radius 3 is 2.21 bits per heavy atom. The van der Waals surface area contributed by atoms with Gasteiger partial charge in [-0.2, -0.15) is 0 Å². The molecule has 1 fully saturated rings. The molecule has 0 bridgehead atoms. The van der Waals surface area contributed by atoms with Crippen LogP contribution in [0, 0.1) is 6.92 Å². The van der Waals surface area contributed by atoms with Crippen LogP contribution < -0.4 is 23.8 Å². The van der Waals surface area contributed by atoms with Crippen LogP contribution in [0.5, 0.6) is 23.0 Å². The van der Waals surface area contributed by atoms with Crippen LogP contribution in [0.1, 0.15) is 41.9 Å². The number of Topliss-reactive ketones (excluding diaryl/α,β-unsaturated/α-hetero) is 1. The number of carbonyl (C=O) groups excluding carboxylic acids is 2. The average molecular weight is 540 g/mol. The lowest BCUT2D eigenvalue weighted by Gasteiger charge is -2.24. The van der Waals surface area contributed by atoms with Crippen LogP contribution in [0.25, 0.3) is 5.76 Å². The maximum Gasteiger partial charge on any atom is 0.301 e. The normalized spacial score (nSPS) is 16.6. The summed E-state index contributed by atoms with van der Waals surface area (Å²) < 4.78 is 22.1. The van der Waals surface area contributed by atoms with Crippen molar-refractivity contribution in [2.24, 2.45) is 0 Å². The topological polar surface area (TPSA) is 120 Å². The highest BCUT2D eigenvalue weighted by Gasteiger charge is 2.48. The number of ketones is 1. The van der Waals surface area contributed by atoms with Crippen LogP contribution in [0.4, 0.5) is 5.13 Å². The lowest BCUT2D eigenvalue weighted by Crippen LogP contribution is -2.29. The summed E-state index contributed by atoms with van der Waals surface area (Å²) in [6.07, 6.45) is 1.93. The Kier molecular flexibility index (Phi) is 8.16. The number of aromatic nitrogens is 2. The van der Waals surface area contributed by atoms with Gasteiger partial charge < -0.3 is 24.1 Å². The molecule has 200 valence electrons. The second-order valence-electron chi connectivity index (χ2n) is 8.46. The highest BCUT2D eigenvalue weighted by atomic mass is 32.1. The summed E-state index contributed by atoms with van der Waals surface area (Å²) in [6.45, 7) is 4.40. The highest BCUT2D eigenvalue weighted by Crippen LogP contribution is 2.47. The summed E-state index contributed by atoms with van der Waals surface area (Å²) in [4.78, 5) is 28.0. The second kappa shape index (κ2) is 11.5. The Balaban J connectivity index is 1.88. The second-order valence-corrected chi connectivity index (χ2v) is 9.62. The van der Waals surface area contributed by atoms with Crippen molar-refractivity contribution < 1.29 is 33.6 Å². The molecule has 1 N–H and O–H groups in total. The zero-order valence-corrected chi connectivity index (χ0v) is 22.6. The maximum absolute atomic E-state index is 13.4. The Hall–Kier alpha value is -4.12. The summed E-state index contributed by atoms with van der Waals surface area (Å²) in [5.41, 5.74) is 0.709. The van der Waals surface area contributed by atoms with Gasteiger partial charge in [0.25, 0.3) is 5.78 Å². The third kappa shape index (κ3) is 5.01. The van der Waals surface area contributed by atoms with Crippen molar-refractivity contribution in [2.45, 2.75) is 32.7 Å². The minimum atomic E-state index is -1.03. The average Bonchev–Trinajstić information content (AvgIpc) is 3.47. The lowest BCUT2D eigenvalue weighted by atomic mass is 9.94. The molecule has 1 unspecified atom stereocenters. The zero-order valence-electron chi connectivity index (χ0n) is 21.8. The van der Waals surface area contributed by atoms with Crippen molar-refractivity contribution in [3.8, 4) is 23.0 Å². The fraction of sp³-hybridized carbons (Fsp3) is 0.333. The number of nitrogens with zero attached hydrogens (tertiary/aromatic N) is 3. The Morgan fingerprint density at radius 1 is 1.03 bits per heavy atom. The molecule has 1 aliphatic heterocycles. The summed E-state index contributed by atoms with van der Waals surface area (Å²) in [5.74, 6) is -0.365. The van der Waals surface area contributed by atoms with E-state index in [1.807, 2.05) is 0 Å². The smallest absolute Gasteiger partial charge is 0.301 e. The summed E-state index contributed by atoms with van der Waals surface area (Å²) in [7, 11) is 4.41. The molecule has 2 heterocycles. The van der Waals surface area contributed by atoms with E-state index in [2.05, 4.69) is 17.1 Å². The number of rotatable bonds is 10. The number of methoxy groups -OCH3 is 3. The van der Waals surface area contributed by atoms with E-state index < -0.39 is 17.7 Å². The van der Waals surface area contributed by atoms with Gasteiger partial charge in [0.2, 0.25) is 10.9 Å². The SMILES string of the molecule is CCCCOc1ccc(C(O)=C2C(=O)C(=O)N(c3nnc(C)s3)C2c2cc(OC)c(OC)c(OC)c2)cc1. The number of unbranched alkanes of at least 4 members (excludes halogenated alkanes) is 1. The quantitative estimate of drug-likeness (QED) is 0.169. The number of aliphatic hydroxyl groups excluding tert-OH is 1. The maximum atomic E-state index is 13.4. The van der Waals surface area contributed by atoms with E-state index in [9.17, 15) is 14.7 Å². The molecule has 10 nitrogen and oxygen atoms in total. The predicted molar refractivity (Wildman–Crippen MR) is 142 cm³/mol. The van der Waals surface area contributed by atoms with Crippen molar-refractivity contribution in [1.82, 2.24) is 10.2 Å². The first-order valence-electron chi connectivity index (χ1n) is 12.0. The van der Waals surface area contributed by atoms with E-state index in [0.29, 0.717) is 45.7 Å². The van der Waals surface area contributed by atoms with Crippen LogP contribution in [-0.4, -0.2) is 54.9 Å². The largest absolute Gasteiger partial charge is 0.507 e. The Morgan fingerprint density at radius 2 is 1.68 bits per heavy atom. The van der Waals surface area contributed by atoms with Crippen molar-refractivity contribution in [2.75, 3.05) is 32.8 Å². The van der Waals surface area contributed by atoms with Gasteiger partial charge in [-0.3, -0.25) is 14.5 Å². The molecule has 4 rings (SSSR count). The number of aryl methyl sites for hydroxylation is 1. The van der Waals surface area contributed by atoms with Gasteiger partial charge in [0.05, 0.1) is 39.6 Å². The third-order valence-corrected chi connectivity index (χ3v) is 6.90. The molecule has 1 saturated heterocycles. The zero-order chi connectivity index (χ0) is 27.4. The van der Waals surface area contributed by atoms with Gasteiger partial charge in [0.15, 0.2) is 11.5 Å². The number of hydrogen-bond acceptors (Lipinski definition) is 10. The van der Waals surface area contributed by atoms with Crippen molar-refractivity contribution in [3.63, 3.8) is 0 Å². The first-order valence-corrected chi connectivity index (χ1v) is 12.8. The number of anilines is 1. The van der Waals surface area contributed by atoms with Gasteiger partial charge in [0, 0.05) is 5.56 Å². The van der Waals surface area contributed by atoms with Crippen LogP contribution in [0.15, 0.2) is 42.0 Å². The molecular formula is C27H29N3O7S. The van der Waals surface area contributed by atoms with E-state index >= 15 is 0 Å². The summed E-state index contributed by atoms with van der Waals surface area (Å²) in [6, 6.07) is 8.95. The van der Waals surface area contributed by atoms with E-state index in [1.165, 1.54) is 26.2 Å². The molecule has 1 aliphatic rings. The molecule has 0 spiro atoms. The van der Waals surface area contributed by atoms with E-state index in [0.717, 1.165) is 24.2 Å². The van der Waals surface area contributed by atoms with Crippen molar-refractivity contribution in [3.05, 3.63) is 58.1 Å². The molecular weight excluding hydrogens is 510 g/mol. The molecule has 11 heteroatoms. The molecule has 1 amide bonds. The fourth-order valence-corrected chi connectivity index (χ4v) is 4.90. The predicted octanol–water partition coefficient (Wildman–Crippen LogP) is 4.68. The number of aliphatic hydroxyl groups is 1. The Labute approximate surface area is 224 Å². The van der Waals surface area contributed by atoms with Gasteiger partial charge >= 0.3 is 5.91 Å². The number of carbonyl (C=O) groups is 2. The lowest BCUT2D eigenvalue weighted by molar-refractivity contribution is -0.132. The van der Waals surface area contributed by atoms with Crippen molar-refractivity contribution in [1.29, 1.82) is 0 Å². The highest BCUT2D eigenvalue weighted by molar-refractivity contribution is 7.15. The molecule has 0 radical (unpaired) electrons. The van der Waals surface area contributed by atoms with Gasteiger partial charge in [-0.1, -0.05) is 24.7 Å². The first kappa shape index (κ1) is 26.9. The van der Waals surface area contributed by atoms with E-state index in [4.69, 9.17) is 18.9 Å². The van der Waals surface area contributed by atoms with E-state index in [1.54, 1.807) is 43.3 Å². The molecule has 2 aromatic carbocycles. The molecule has 0 aliphatic carbocycles. The van der Waals surface area contributed by atoms with Gasteiger partial charge in [-0.15, -0.1) is 10.2 Å². The minimum absolute atomic E-state index is 0.100. The Bertz CT molecular complexity index is 1340. The van der Waals surface area contributed by atoms with Crippen LogP contribution >= 0.6 is 11.3 Å². The summed E-state index contributed by atoms with van der Waals surface area (Å²) >= 11 is 1.16. The fourth-order valence-electron chi connectivity index (χ4n) is 4.19. The molecule has 1 aromatic heterocycles. The number of amides is 1. The summed E-state index contributed by atoms with van der Waals surface area (Å²) in [5, 5.41) is 20.3. The molecule has 3 aromatic rings. The molecule has 0 saturated carbocycles. The van der Waals surface area contributed by atoms with Gasteiger partial charge in [-0.05, 0) is 55.3 Å². The third-order valence-electron chi connectivity index (χ3n) is 6.06. The number of ether oxygens (including phenoxy) is 4. The number of hydrogen-bond donors (Lipinski definition) is 1.